The molecule has 14 nitrogen and oxygen atoms in total. The fourth-order valence-corrected chi connectivity index (χ4v) is 11.1. The van der Waals surface area contributed by atoms with Gasteiger partial charge >= 0.3 is 12.1 Å². The molecule has 2 N–H and O–H groups in total. The summed E-state index contributed by atoms with van der Waals surface area (Å²) in [4.78, 5) is 49.9. The molecule has 0 saturated carbocycles. The number of phenols is 2. The van der Waals surface area contributed by atoms with Crippen LogP contribution in [0.2, 0.25) is 0 Å². The number of nitrogens with zero attached hydrogens (tertiary/aromatic N) is 6. The first kappa shape index (κ1) is 44.8. The van der Waals surface area contributed by atoms with Crippen LogP contribution in [0.3, 0.4) is 0 Å². The number of urea groups is 2. The van der Waals surface area contributed by atoms with Crippen molar-refractivity contribution >= 4 is 46.6 Å². The first-order chi connectivity index (χ1) is 33.2. The summed E-state index contributed by atoms with van der Waals surface area (Å²) in [5, 5.41) is 23.4. The van der Waals surface area contributed by atoms with E-state index in [4.69, 9.17) is 28.9 Å². The minimum Gasteiger partial charge on any atom is -0.507 e. The number of methoxy groups -OCH3 is 4. The van der Waals surface area contributed by atoms with Crippen LogP contribution in [-0.2, 0) is 54.0 Å². The van der Waals surface area contributed by atoms with Gasteiger partial charge in [-0.3, -0.25) is 19.6 Å². The number of benzene rings is 7. The van der Waals surface area contributed by atoms with Gasteiger partial charge in [-0.05, 0) is 47.2 Å². The molecule has 7 aromatic rings. The van der Waals surface area contributed by atoms with Gasteiger partial charge < -0.3 is 29.2 Å². The predicted molar refractivity (Wildman–Crippen MR) is 257 cm³/mol. The van der Waals surface area contributed by atoms with E-state index in [0.29, 0.717) is 44.9 Å². The van der Waals surface area contributed by atoms with Crippen LogP contribution in [0.15, 0.2) is 143 Å². The minimum absolute atomic E-state index is 0. The average Bonchev–Trinajstić information content (AvgIpc) is 3.60. The largest absolute Gasteiger partial charge is 0.507 e. The second-order valence-corrected chi connectivity index (χ2v) is 16.9. The average molecular weight is 966 g/mol. The molecule has 0 spiro atoms. The molecule has 15 heteroatoms. The molecule has 4 aliphatic heterocycles. The summed E-state index contributed by atoms with van der Waals surface area (Å²) in [6.07, 6.45) is 3.02. The molecule has 0 bridgehead atoms. The molecule has 2 fully saturated rings. The summed E-state index contributed by atoms with van der Waals surface area (Å²) in [5.74, 6) is 1.75. The number of carbonyl (C=O) groups excluding carboxylic acids is 2. The Balaban J connectivity index is 0.00000553. The van der Waals surface area contributed by atoms with Crippen LogP contribution in [0.5, 0.6) is 34.5 Å². The number of para-hydroxylation sites is 2. The standard InChI is InChI=1S/C54H46N6O8.Ni/c1-65-44-25-23-33-24-26-45(66-2)41-32-60-52(64)58-30-39-38(49(67-3)47(55-27-34-15-11-13-21-42(34)61)48(50(39)68-4)56-28-35-16-12-14-22-43(35)62)29-57-51(63)59(31-40(44)46(33)41)54(60,37-19-9-6-10-20-37)53(57,58)36-17-7-5-8-18-36;/h5-28,61-62H,29-32H2,1-4H3;. The number of phenolic OH excluding ortho intramolecular Hbond substituents is 2. The summed E-state index contributed by atoms with van der Waals surface area (Å²) in [6.45, 7) is -0.0437. The normalized spacial score (nSPS) is 19.0. The van der Waals surface area contributed by atoms with E-state index in [0.717, 1.165) is 21.9 Å². The van der Waals surface area contributed by atoms with Crippen molar-refractivity contribution in [3.05, 3.63) is 178 Å². The molecule has 350 valence electrons. The quantitative estimate of drug-likeness (QED) is 0.102. The molecule has 7 aromatic carbocycles. The fourth-order valence-electron chi connectivity index (χ4n) is 11.1. The molecular weight excluding hydrogens is 919 g/mol. The van der Waals surface area contributed by atoms with Crippen molar-refractivity contribution in [2.75, 3.05) is 28.4 Å². The van der Waals surface area contributed by atoms with E-state index in [1.54, 1.807) is 72.6 Å². The third kappa shape index (κ3) is 6.29. The number of rotatable bonds is 10. The Kier molecular flexibility index (Phi) is 11.2. The fraction of sp³-hybridized carbons (Fsp3) is 0.185. The number of ether oxygens (including phenoxy) is 4. The number of fused-ring (bicyclic) bond motifs is 1. The number of aliphatic imine (C=N–C) groups is 2. The van der Waals surface area contributed by atoms with E-state index in [9.17, 15) is 10.2 Å². The van der Waals surface area contributed by atoms with Gasteiger partial charge in [-0.15, -0.1) is 0 Å². The van der Waals surface area contributed by atoms with Crippen LogP contribution in [0.25, 0.3) is 10.8 Å². The second kappa shape index (κ2) is 17.2. The maximum atomic E-state index is 16.4. The minimum atomic E-state index is -1.56. The van der Waals surface area contributed by atoms with Crippen molar-refractivity contribution < 1.29 is 55.2 Å². The van der Waals surface area contributed by atoms with E-state index in [1.165, 1.54) is 26.6 Å². The molecule has 0 aliphatic carbocycles. The zero-order chi connectivity index (χ0) is 46.9. The molecule has 4 amide bonds. The summed E-state index contributed by atoms with van der Waals surface area (Å²) in [6, 6.07) is 40.2. The van der Waals surface area contributed by atoms with E-state index in [2.05, 4.69) is 0 Å². The Morgan fingerprint density at radius 2 is 0.841 bits per heavy atom. The van der Waals surface area contributed by atoms with E-state index >= 15 is 9.59 Å². The predicted octanol–water partition coefficient (Wildman–Crippen LogP) is 9.69. The van der Waals surface area contributed by atoms with E-state index in [-0.39, 0.29) is 89.1 Å². The smallest absolute Gasteiger partial charge is 0.325 e. The summed E-state index contributed by atoms with van der Waals surface area (Å²) >= 11 is 0. The maximum Gasteiger partial charge on any atom is 0.325 e. The molecule has 0 unspecified atom stereocenters. The number of aromatic hydroxyl groups is 2. The van der Waals surface area contributed by atoms with Crippen LogP contribution in [0.1, 0.15) is 44.5 Å². The number of hydrogen-bond donors (Lipinski definition) is 2. The van der Waals surface area contributed by atoms with Crippen LogP contribution in [0, 0.1) is 0 Å². The zero-order valence-corrected chi connectivity index (χ0v) is 39.0. The van der Waals surface area contributed by atoms with Crippen molar-refractivity contribution in [2.24, 2.45) is 9.98 Å². The summed E-state index contributed by atoms with van der Waals surface area (Å²) in [5.41, 5.74) is 2.28. The number of amides is 4. The zero-order valence-electron chi connectivity index (χ0n) is 38.0. The van der Waals surface area contributed by atoms with Crippen LogP contribution < -0.4 is 18.9 Å². The third-order valence-corrected chi connectivity index (χ3v) is 13.9. The molecule has 2 saturated heterocycles. The van der Waals surface area contributed by atoms with E-state index < -0.39 is 11.3 Å². The summed E-state index contributed by atoms with van der Waals surface area (Å²) in [7, 11) is 6.29. The van der Waals surface area contributed by atoms with Gasteiger partial charge in [-0.2, -0.15) is 0 Å². The van der Waals surface area contributed by atoms with Crippen LogP contribution >= 0.6 is 0 Å². The SMILES string of the molecule is COc1ccc2ccc(OC)c3c2c1CN1C(=O)N2Cc4c(c(OC)c(N=Cc5ccccc5O)c(N=Cc5ccccc5O)c4OC)CN4C(=O)N(C3)C1(c1ccccc1)C24c1ccccc1.[Ni]. The monoisotopic (exact) mass is 964 g/mol. The van der Waals surface area contributed by atoms with Gasteiger partial charge in [-0.1, -0.05) is 97.1 Å². The number of hydrogen-bond acceptors (Lipinski definition) is 10. The Hall–Kier alpha value is -8.03. The van der Waals surface area contributed by atoms with E-state index in [1.807, 2.05) is 94.7 Å². The molecule has 0 aromatic heterocycles. The molecule has 4 aliphatic rings. The molecule has 4 heterocycles. The van der Waals surface area contributed by atoms with Crippen molar-refractivity contribution in [2.45, 2.75) is 37.5 Å². The Morgan fingerprint density at radius 3 is 1.20 bits per heavy atom. The van der Waals surface area contributed by atoms with Gasteiger partial charge in [0.25, 0.3) is 0 Å². The van der Waals surface area contributed by atoms with Gasteiger partial charge in [0.05, 0.1) is 54.6 Å². The topological polar surface area (TPSA) is 149 Å². The first-order valence-electron chi connectivity index (χ1n) is 22.1. The molecule has 69 heavy (non-hydrogen) atoms. The van der Waals surface area contributed by atoms with Crippen LogP contribution in [0.4, 0.5) is 21.0 Å². The Bertz CT molecular complexity index is 3090. The molecule has 0 atom stereocenters. The molecule has 0 radical (unpaired) electrons. The van der Waals surface area contributed by atoms with Gasteiger partial charge in [-0.25, -0.2) is 19.6 Å². The second-order valence-electron chi connectivity index (χ2n) is 16.9. The Morgan fingerprint density at radius 1 is 0.478 bits per heavy atom. The Labute approximate surface area is 408 Å². The van der Waals surface area contributed by atoms with Crippen molar-refractivity contribution in [3.63, 3.8) is 0 Å². The van der Waals surface area contributed by atoms with Gasteiger partial charge in [0, 0.05) is 73.4 Å². The third-order valence-electron chi connectivity index (χ3n) is 13.9. The van der Waals surface area contributed by atoms with Gasteiger partial charge in [0.1, 0.15) is 34.4 Å². The number of carbonyl (C=O) groups is 2. The van der Waals surface area contributed by atoms with Crippen molar-refractivity contribution in [1.82, 2.24) is 19.6 Å². The van der Waals surface area contributed by atoms with Gasteiger partial charge in [0.2, 0.25) is 0 Å². The molecule has 11 rings (SSSR count). The first-order valence-corrected chi connectivity index (χ1v) is 22.1. The maximum absolute atomic E-state index is 16.4. The van der Waals surface area contributed by atoms with Crippen molar-refractivity contribution in [1.29, 1.82) is 0 Å². The van der Waals surface area contributed by atoms with Crippen molar-refractivity contribution in [3.8, 4) is 34.5 Å². The molecular formula is C54H46N6NiO8. The van der Waals surface area contributed by atoms with Gasteiger partial charge in [0.15, 0.2) is 22.8 Å². The summed E-state index contributed by atoms with van der Waals surface area (Å²) < 4.78 is 25.0. The van der Waals surface area contributed by atoms with Crippen LogP contribution in [-0.4, -0.2) is 82.7 Å².